The van der Waals surface area contributed by atoms with Crippen molar-refractivity contribution in [3.05, 3.63) is 47.5 Å². The van der Waals surface area contributed by atoms with Gasteiger partial charge in [-0.15, -0.1) is 0 Å². The van der Waals surface area contributed by atoms with Gasteiger partial charge in [-0.25, -0.2) is 0 Å². The van der Waals surface area contributed by atoms with Crippen LogP contribution in [-0.2, 0) is 17.6 Å². The fraction of sp³-hybridized carbons (Fsp3) is 0.444. The van der Waals surface area contributed by atoms with Crippen LogP contribution in [0.3, 0.4) is 0 Å². The highest BCUT2D eigenvalue weighted by Gasteiger charge is 2.27. The van der Waals surface area contributed by atoms with Gasteiger partial charge in [0.05, 0.1) is 0 Å². The Kier molecular flexibility index (Phi) is 4.27. The molecular formula is C18H22N2O2. The van der Waals surface area contributed by atoms with Crippen LogP contribution in [0.1, 0.15) is 40.7 Å². The summed E-state index contributed by atoms with van der Waals surface area (Å²) in [5.74, 6) is -0.100. The number of hydrogen-bond acceptors (Lipinski definition) is 2. The van der Waals surface area contributed by atoms with Crippen LogP contribution >= 0.6 is 0 Å². The van der Waals surface area contributed by atoms with Gasteiger partial charge in [0, 0.05) is 24.7 Å². The van der Waals surface area contributed by atoms with Crippen molar-refractivity contribution in [1.29, 1.82) is 0 Å². The van der Waals surface area contributed by atoms with Gasteiger partial charge >= 0.3 is 0 Å². The summed E-state index contributed by atoms with van der Waals surface area (Å²) < 4.78 is 0. The van der Waals surface area contributed by atoms with Crippen LogP contribution in [0.4, 0.5) is 0 Å². The monoisotopic (exact) mass is 298 g/mol. The second-order valence-corrected chi connectivity index (χ2v) is 6.14. The lowest BCUT2D eigenvalue weighted by Crippen LogP contribution is -2.37. The predicted molar refractivity (Wildman–Crippen MR) is 85.7 cm³/mol. The van der Waals surface area contributed by atoms with Gasteiger partial charge in [0.1, 0.15) is 0 Å². The molecule has 116 valence electrons. The Labute approximate surface area is 131 Å². The number of likely N-dealkylation sites (tertiary alicyclic amines) is 1. The van der Waals surface area contributed by atoms with Crippen molar-refractivity contribution in [2.75, 3.05) is 13.1 Å². The SMILES string of the molecule is C=CC(=O)N[C@H]1CCN(C(=O)c2ccc3c(c2)CCCC3)C1. The summed E-state index contributed by atoms with van der Waals surface area (Å²) in [4.78, 5) is 25.8. The molecule has 1 aromatic rings. The number of nitrogens with zero attached hydrogens (tertiary/aromatic N) is 1. The lowest BCUT2D eigenvalue weighted by atomic mass is 9.90. The summed E-state index contributed by atoms with van der Waals surface area (Å²) in [6, 6.07) is 6.15. The topological polar surface area (TPSA) is 49.4 Å². The first-order valence-corrected chi connectivity index (χ1v) is 8.01. The Morgan fingerprint density at radius 2 is 2.00 bits per heavy atom. The van der Waals surface area contributed by atoms with E-state index in [9.17, 15) is 9.59 Å². The van der Waals surface area contributed by atoms with Crippen LogP contribution in [0, 0.1) is 0 Å². The molecule has 1 atom stereocenters. The number of carbonyl (C=O) groups excluding carboxylic acids is 2. The van der Waals surface area contributed by atoms with Gasteiger partial charge in [-0.1, -0.05) is 12.6 Å². The van der Waals surface area contributed by atoms with Crippen molar-refractivity contribution in [2.45, 2.75) is 38.1 Å². The Balaban J connectivity index is 1.67. The minimum absolute atomic E-state index is 0.0343. The normalized spacial score (nSPS) is 20.4. The smallest absolute Gasteiger partial charge is 0.253 e. The molecule has 0 aromatic heterocycles. The Hall–Kier alpha value is -2.10. The molecule has 0 spiro atoms. The number of carbonyl (C=O) groups is 2. The molecule has 0 saturated carbocycles. The fourth-order valence-corrected chi connectivity index (χ4v) is 3.37. The molecule has 0 radical (unpaired) electrons. The Morgan fingerprint density at radius 1 is 1.23 bits per heavy atom. The van der Waals surface area contributed by atoms with Gasteiger partial charge < -0.3 is 10.2 Å². The minimum atomic E-state index is -0.173. The zero-order valence-corrected chi connectivity index (χ0v) is 12.8. The first-order chi connectivity index (χ1) is 10.7. The number of amides is 2. The molecule has 1 aromatic carbocycles. The Bertz CT molecular complexity index is 609. The minimum Gasteiger partial charge on any atom is -0.348 e. The maximum atomic E-state index is 12.6. The van der Waals surface area contributed by atoms with Crippen LogP contribution in [-0.4, -0.2) is 35.8 Å². The predicted octanol–water partition coefficient (Wildman–Crippen LogP) is 2.08. The lowest BCUT2D eigenvalue weighted by Gasteiger charge is -2.20. The van der Waals surface area contributed by atoms with Gasteiger partial charge in [-0.3, -0.25) is 9.59 Å². The maximum Gasteiger partial charge on any atom is 0.253 e. The zero-order chi connectivity index (χ0) is 15.5. The van der Waals surface area contributed by atoms with Crippen molar-refractivity contribution >= 4 is 11.8 Å². The van der Waals surface area contributed by atoms with E-state index in [1.165, 1.54) is 30.0 Å². The van der Waals surface area contributed by atoms with Crippen molar-refractivity contribution in [3.63, 3.8) is 0 Å². The highest BCUT2D eigenvalue weighted by Crippen LogP contribution is 2.23. The number of rotatable bonds is 3. The van der Waals surface area contributed by atoms with Gasteiger partial charge in [-0.05, 0) is 61.4 Å². The summed E-state index contributed by atoms with van der Waals surface area (Å²) in [6.07, 6.45) is 6.74. The highest BCUT2D eigenvalue weighted by atomic mass is 16.2. The van der Waals surface area contributed by atoms with Gasteiger partial charge in [0.2, 0.25) is 5.91 Å². The van der Waals surface area contributed by atoms with E-state index in [-0.39, 0.29) is 17.9 Å². The number of benzene rings is 1. The molecule has 4 nitrogen and oxygen atoms in total. The third kappa shape index (κ3) is 3.06. The molecule has 4 heteroatoms. The lowest BCUT2D eigenvalue weighted by molar-refractivity contribution is -0.117. The van der Waals surface area contributed by atoms with E-state index in [1.54, 1.807) is 0 Å². The standard InChI is InChI=1S/C18H22N2O2/c1-2-17(21)19-16-9-10-20(12-16)18(22)15-8-7-13-5-3-4-6-14(13)11-15/h2,7-8,11,16H,1,3-6,9-10,12H2,(H,19,21)/t16-/m0/s1. The van der Waals surface area contributed by atoms with Gasteiger partial charge in [0.25, 0.3) is 5.91 Å². The van der Waals surface area contributed by atoms with Crippen molar-refractivity contribution in [3.8, 4) is 0 Å². The van der Waals surface area contributed by atoms with Crippen LogP contribution in [0.15, 0.2) is 30.9 Å². The number of aryl methyl sites for hydroxylation is 2. The largest absolute Gasteiger partial charge is 0.348 e. The average molecular weight is 298 g/mol. The molecule has 1 heterocycles. The molecule has 22 heavy (non-hydrogen) atoms. The molecule has 1 aliphatic heterocycles. The summed E-state index contributed by atoms with van der Waals surface area (Å²) in [6.45, 7) is 4.72. The van der Waals surface area contributed by atoms with Crippen molar-refractivity contribution in [2.24, 2.45) is 0 Å². The molecular weight excluding hydrogens is 276 g/mol. The zero-order valence-electron chi connectivity index (χ0n) is 12.8. The van der Waals surface area contributed by atoms with Crippen molar-refractivity contribution in [1.82, 2.24) is 10.2 Å². The quantitative estimate of drug-likeness (QED) is 0.869. The molecule has 2 aliphatic rings. The highest BCUT2D eigenvalue weighted by molar-refractivity contribution is 5.95. The van der Waals surface area contributed by atoms with Crippen LogP contribution in [0.25, 0.3) is 0 Å². The van der Waals surface area contributed by atoms with Gasteiger partial charge in [0.15, 0.2) is 0 Å². The van der Waals surface area contributed by atoms with E-state index in [0.717, 1.165) is 24.8 Å². The molecule has 0 bridgehead atoms. The number of hydrogen-bond donors (Lipinski definition) is 1. The molecule has 1 aliphatic carbocycles. The second kappa shape index (κ2) is 6.34. The third-order valence-corrected chi connectivity index (χ3v) is 4.60. The summed E-state index contributed by atoms with van der Waals surface area (Å²) in [5, 5.41) is 2.86. The van der Waals surface area contributed by atoms with E-state index in [1.807, 2.05) is 11.0 Å². The van der Waals surface area contributed by atoms with Crippen LogP contribution < -0.4 is 5.32 Å². The van der Waals surface area contributed by atoms with Gasteiger partial charge in [-0.2, -0.15) is 0 Å². The molecule has 1 N–H and O–H groups in total. The van der Waals surface area contributed by atoms with Crippen molar-refractivity contribution < 1.29 is 9.59 Å². The fourth-order valence-electron chi connectivity index (χ4n) is 3.37. The first-order valence-electron chi connectivity index (χ1n) is 8.01. The molecule has 1 fully saturated rings. The summed E-state index contributed by atoms with van der Waals surface area (Å²) in [5.41, 5.74) is 3.49. The van der Waals surface area contributed by atoms with E-state index in [4.69, 9.17) is 0 Å². The summed E-state index contributed by atoms with van der Waals surface area (Å²) in [7, 11) is 0. The van der Waals surface area contributed by atoms with E-state index in [2.05, 4.69) is 24.0 Å². The third-order valence-electron chi connectivity index (χ3n) is 4.60. The maximum absolute atomic E-state index is 12.6. The van der Waals surface area contributed by atoms with Crippen LogP contribution in [0.2, 0.25) is 0 Å². The summed E-state index contributed by atoms with van der Waals surface area (Å²) >= 11 is 0. The van der Waals surface area contributed by atoms with E-state index in [0.29, 0.717) is 13.1 Å². The second-order valence-electron chi connectivity index (χ2n) is 6.14. The number of fused-ring (bicyclic) bond motifs is 1. The molecule has 0 unspecified atom stereocenters. The number of nitrogens with one attached hydrogen (secondary N) is 1. The average Bonchev–Trinajstić information content (AvgIpc) is 3.02. The van der Waals surface area contributed by atoms with E-state index < -0.39 is 0 Å². The van der Waals surface area contributed by atoms with Crippen LogP contribution in [0.5, 0.6) is 0 Å². The first kappa shape index (κ1) is 14.8. The molecule has 3 rings (SSSR count). The Morgan fingerprint density at radius 3 is 2.77 bits per heavy atom. The van der Waals surface area contributed by atoms with E-state index >= 15 is 0 Å². The molecule has 2 amide bonds. The molecule has 1 saturated heterocycles.